The Morgan fingerprint density at radius 1 is 1.00 bits per heavy atom. The van der Waals surface area contributed by atoms with E-state index in [4.69, 9.17) is 15.6 Å². The molecule has 0 spiro atoms. The predicted octanol–water partition coefficient (Wildman–Crippen LogP) is 2.71. The van der Waals surface area contributed by atoms with Gasteiger partial charge >= 0.3 is 5.69 Å². The number of rotatable bonds is 3. The van der Waals surface area contributed by atoms with Gasteiger partial charge in [0.2, 0.25) is 5.75 Å². The van der Waals surface area contributed by atoms with Crippen molar-refractivity contribution in [2.45, 2.75) is 0 Å². The van der Waals surface area contributed by atoms with E-state index in [1.165, 1.54) is 32.4 Å². The first kappa shape index (κ1) is 20.1. The highest BCUT2D eigenvalue weighted by atomic mass is 35.5. The SMILES string of the molecule is COc1cccc(N)c1O.COc1cccc([N+](=O)[O-])c1O.Cl. The Balaban J connectivity index is 0.000000409. The van der Waals surface area contributed by atoms with Gasteiger partial charge < -0.3 is 25.4 Å². The smallest absolute Gasteiger partial charge is 0.314 e. The van der Waals surface area contributed by atoms with Gasteiger partial charge in [-0.05, 0) is 18.2 Å². The number of para-hydroxylation sites is 2. The van der Waals surface area contributed by atoms with Crippen LogP contribution in [0.3, 0.4) is 0 Å². The van der Waals surface area contributed by atoms with E-state index in [1.54, 1.807) is 18.2 Å². The van der Waals surface area contributed by atoms with E-state index in [9.17, 15) is 15.2 Å². The monoisotopic (exact) mass is 344 g/mol. The number of phenolic OH excluding ortho intramolecular Hbond substituents is 2. The normalized spacial score (nSPS) is 8.96. The molecule has 0 saturated carbocycles. The maximum Gasteiger partial charge on any atom is 0.314 e. The molecule has 0 bridgehead atoms. The lowest BCUT2D eigenvalue weighted by Crippen LogP contribution is -1.90. The highest BCUT2D eigenvalue weighted by Gasteiger charge is 2.16. The van der Waals surface area contributed by atoms with Crippen molar-refractivity contribution in [1.82, 2.24) is 0 Å². The fourth-order valence-corrected chi connectivity index (χ4v) is 1.53. The summed E-state index contributed by atoms with van der Waals surface area (Å²) in [5, 5.41) is 28.6. The molecule has 0 saturated heterocycles. The third-order valence-electron chi connectivity index (χ3n) is 2.64. The van der Waals surface area contributed by atoms with E-state index in [1.807, 2.05) is 0 Å². The first-order valence-corrected chi connectivity index (χ1v) is 6.04. The van der Waals surface area contributed by atoms with Gasteiger partial charge in [-0.2, -0.15) is 0 Å². The lowest BCUT2D eigenvalue weighted by Gasteiger charge is -2.03. The zero-order chi connectivity index (χ0) is 16.7. The molecule has 0 heterocycles. The Hall–Kier alpha value is -2.87. The van der Waals surface area contributed by atoms with Crippen molar-refractivity contribution in [2.24, 2.45) is 0 Å². The van der Waals surface area contributed by atoms with E-state index < -0.39 is 10.7 Å². The Morgan fingerprint density at radius 3 is 1.91 bits per heavy atom. The van der Waals surface area contributed by atoms with Gasteiger partial charge in [-0.3, -0.25) is 10.1 Å². The average Bonchev–Trinajstić information content (AvgIpc) is 2.50. The molecule has 0 atom stereocenters. The fraction of sp³-hybridized carbons (Fsp3) is 0.143. The largest absolute Gasteiger partial charge is 0.503 e. The van der Waals surface area contributed by atoms with Crippen molar-refractivity contribution >= 4 is 23.8 Å². The van der Waals surface area contributed by atoms with Crippen LogP contribution in [-0.4, -0.2) is 29.4 Å². The number of nitrogen functional groups attached to an aromatic ring is 1. The van der Waals surface area contributed by atoms with Crippen LogP contribution in [0.2, 0.25) is 0 Å². The van der Waals surface area contributed by atoms with Crippen LogP contribution in [0.25, 0.3) is 0 Å². The minimum Gasteiger partial charge on any atom is -0.503 e. The van der Waals surface area contributed by atoms with Crippen LogP contribution in [0, 0.1) is 10.1 Å². The molecule has 0 aliphatic heterocycles. The summed E-state index contributed by atoms with van der Waals surface area (Å²) in [7, 11) is 2.81. The van der Waals surface area contributed by atoms with Gasteiger partial charge in [0.15, 0.2) is 17.2 Å². The summed E-state index contributed by atoms with van der Waals surface area (Å²) < 4.78 is 9.48. The second-order valence-electron chi connectivity index (χ2n) is 3.98. The first-order chi connectivity index (χ1) is 10.4. The molecule has 2 rings (SSSR count). The zero-order valence-corrected chi connectivity index (χ0v) is 13.2. The van der Waals surface area contributed by atoms with Gasteiger partial charge in [0, 0.05) is 6.07 Å². The summed E-state index contributed by atoms with van der Waals surface area (Å²) in [6.45, 7) is 0. The lowest BCUT2D eigenvalue weighted by atomic mass is 10.3. The number of anilines is 1. The zero-order valence-electron chi connectivity index (χ0n) is 12.4. The quantitative estimate of drug-likeness (QED) is 0.338. The minimum atomic E-state index is -0.669. The van der Waals surface area contributed by atoms with Crippen LogP contribution in [0.4, 0.5) is 11.4 Å². The van der Waals surface area contributed by atoms with Crippen LogP contribution in [-0.2, 0) is 0 Å². The van der Waals surface area contributed by atoms with Crippen molar-refractivity contribution in [2.75, 3.05) is 20.0 Å². The van der Waals surface area contributed by atoms with Crippen molar-refractivity contribution < 1.29 is 24.6 Å². The van der Waals surface area contributed by atoms with Crippen LogP contribution >= 0.6 is 12.4 Å². The molecule has 0 aromatic heterocycles. The molecule has 2 aromatic rings. The molecule has 0 radical (unpaired) electrons. The van der Waals surface area contributed by atoms with Crippen molar-refractivity contribution in [3.05, 3.63) is 46.5 Å². The third kappa shape index (κ3) is 5.11. The van der Waals surface area contributed by atoms with Crippen LogP contribution in [0.1, 0.15) is 0 Å². The Labute approximate surface area is 138 Å². The number of benzene rings is 2. The number of halogens is 1. The molecule has 9 heteroatoms. The molecule has 23 heavy (non-hydrogen) atoms. The van der Waals surface area contributed by atoms with E-state index in [2.05, 4.69) is 4.74 Å². The molecule has 0 unspecified atom stereocenters. The molecule has 0 amide bonds. The second-order valence-corrected chi connectivity index (χ2v) is 3.98. The summed E-state index contributed by atoms with van der Waals surface area (Å²) in [6.07, 6.45) is 0. The Kier molecular flexibility index (Phi) is 8.06. The second kappa shape index (κ2) is 9.21. The number of nitrogens with two attached hydrogens (primary N) is 1. The maximum atomic E-state index is 10.3. The molecular formula is C14H17ClN2O6. The van der Waals surface area contributed by atoms with Crippen LogP contribution < -0.4 is 15.2 Å². The average molecular weight is 345 g/mol. The molecule has 8 nitrogen and oxygen atoms in total. The predicted molar refractivity (Wildman–Crippen MR) is 87.6 cm³/mol. The fourth-order valence-electron chi connectivity index (χ4n) is 1.53. The maximum absolute atomic E-state index is 10.3. The van der Waals surface area contributed by atoms with Crippen molar-refractivity contribution in [3.8, 4) is 23.0 Å². The topological polar surface area (TPSA) is 128 Å². The summed E-state index contributed by atoms with van der Waals surface area (Å²) in [5.74, 6) is 0.0687. The number of nitro benzene ring substituents is 1. The number of methoxy groups -OCH3 is 2. The summed E-state index contributed by atoms with van der Waals surface area (Å²) in [4.78, 5) is 9.61. The summed E-state index contributed by atoms with van der Waals surface area (Å²) in [5.41, 5.74) is 5.35. The van der Waals surface area contributed by atoms with Crippen molar-refractivity contribution in [3.63, 3.8) is 0 Å². The molecular weight excluding hydrogens is 328 g/mol. The van der Waals surface area contributed by atoms with E-state index in [-0.39, 0.29) is 29.6 Å². The van der Waals surface area contributed by atoms with E-state index >= 15 is 0 Å². The van der Waals surface area contributed by atoms with Gasteiger partial charge in [0.1, 0.15) is 0 Å². The molecule has 126 valence electrons. The molecule has 0 fully saturated rings. The number of aromatic hydroxyl groups is 2. The standard InChI is InChI=1S/C7H7NO4.C7H9NO2.ClH/c1-12-6-4-2-3-5(7(6)9)8(10)11;1-10-6-4-2-3-5(8)7(6)9;/h2-4,9H,1H3;2-4,9H,8H2,1H3;1H. The van der Waals surface area contributed by atoms with Gasteiger partial charge in [0.05, 0.1) is 24.8 Å². The van der Waals surface area contributed by atoms with Gasteiger partial charge in [-0.1, -0.05) is 12.1 Å². The van der Waals surface area contributed by atoms with Crippen molar-refractivity contribution in [1.29, 1.82) is 0 Å². The van der Waals surface area contributed by atoms with Gasteiger partial charge in [-0.15, -0.1) is 12.4 Å². The summed E-state index contributed by atoms with van der Waals surface area (Å²) in [6, 6.07) is 9.06. The minimum absolute atomic E-state index is 0. The van der Waals surface area contributed by atoms with Gasteiger partial charge in [0.25, 0.3) is 0 Å². The number of hydrogen-bond donors (Lipinski definition) is 3. The van der Waals surface area contributed by atoms with Gasteiger partial charge in [-0.25, -0.2) is 0 Å². The number of phenols is 2. The first-order valence-electron chi connectivity index (χ1n) is 6.04. The Bertz CT molecular complexity index is 666. The van der Waals surface area contributed by atoms with E-state index in [0.29, 0.717) is 11.4 Å². The van der Waals surface area contributed by atoms with E-state index in [0.717, 1.165) is 0 Å². The number of nitrogens with zero attached hydrogens (tertiary/aromatic N) is 1. The lowest BCUT2D eigenvalue weighted by molar-refractivity contribution is -0.385. The highest BCUT2D eigenvalue weighted by Crippen LogP contribution is 2.34. The van der Waals surface area contributed by atoms with Crippen LogP contribution in [0.5, 0.6) is 23.0 Å². The Morgan fingerprint density at radius 2 is 1.48 bits per heavy atom. The number of nitro groups is 1. The molecule has 4 N–H and O–H groups in total. The third-order valence-corrected chi connectivity index (χ3v) is 2.64. The highest BCUT2D eigenvalue weighted by molar-refractivity contribution is 5.85. The molecule has 0 aliphatic rings. The number of ether oxygens (including phenoxy) is 2. The summed E-state index contributed by atoms with van der Waals surface area (Å²) >= 11 is 0. The molecule has 0 aliphatic carbocycles. The van der Waals surface area contributed by atoms with Crippen LogP contribution in [0.15, 0.2) is 36.4 Å². The number of hydrogen-bond acceptors (Lipinski definition) is 7. The molecule has 2 aromatic carbocycles.